The molecule has 1 heterocycles. The van der Waals surface area contributed by atoms with Crippen LogP contribution < -0.4 is 24.4 Å². The highest BCUT2D eigenvalue weighted by Crippen LogP contribution is 2.38. The minimum atomic E-state index is -0.432. The van der Waals surface area contributed by atoms with Crippen molar-refractivity contribution in [1.29, 1.82) is 0 Å². The number of carbonyl (C=O) groups excluding carboxylic acids is 2. The Morgan fingerprint density at radius 3 is 2.09 bits per heavy atom. The van der Waals surface area contributed by atoms with Crippen molar-refractivity contribution in [3.8, 4) is 17.2 Å². The summed E-state index contributed by atoms with van der Waals surface area (Å²) in [5, 5.41) is 2.90. The molecule has 2 aromatic carbocycles. The smallest absolute Gasteiger partial charge is 0.317 e. The van der Waals surface area contributed by atoms with E-state index >= 15 is 0 Å². The molecule has 32 heavy (non-hydrogen) atoms. The number of ether oxygens (including phenoxy) is 3. The summed E-state index contributed by atoms with van der Waals surface area (Å²) in [6.07, 6.45) is 0. The lowest BCUT2D eigenvalue weighted by Crippen LogP contribution is -2.51. The Hall–Kier alpha value is -3.49. The van der Waals surface area contributed by atoms with Crippen LogP contribution in [0.3, 0.4) is 0 Å². The van der Waals surface area contributed by atoms with Gasteiger partial charge in [0.05, 0.1) is 27.0 Å². The van der Waals surface area contributed by atoms with Gasteiger partial charge in [-0.2, -0.15) is 0 Å². The molecule has 0 atom stereocenters. The second kappa shape index (κ2) is 10.2. The number of rotatable bonds is 7. The predicted octanol–water partition coefficient (Wildman–Crippen LogP) is 3.09. The van der Waals surface area contributed by atoms with Crippen molar-refractivity contribution in [1.82, 2.24) is 10.2 Å². The van der Waals surface area contributed by atoms with Gasteiger partial charge < -0.3 is 29.3 Å². The number of nitrogens with zero attached hydrogens (tertiary/aromatic N) is 2. The van der Waals surface area contributed by atoms with Gasteiger partial charge in [0.15, 0.2) is 17.3 Å². The van der Waals surface area contributed by atoms with Crippen molar-refractivity contribution in [3.63, 3.8) is 0 Å². The Balaban J connectivity index is 1.58. The van der Waals surface area contributed by atoms with Crippen LogP contribution in [0.4, 0.5) is 14.9 Å². The van der Waals surface area contributed by atoms with E-state index in [1.165, 1.54) is 34.3 Å². The monoisotopic (exact) mass is 445 g/mol. The molecule has 0 aromatic heterocycles. The lowest BCUT2D eigenvalue weighted by Gasteiger charge is -2.36. The number of urea groups is 1. The first-order valence-corrected chi connectivity index (χ1v) is 10.2. The minimum Gasteiger partial charge on any atom is -0.493 e. The molecule has 8 nitrogen and oxygen atoms in total. The Kier molecular flexibility index (Phi) is 7.40. The first kappa shape index (κ1) is 23.2. The van der Waals surface area contributed by atoms with Gasteiger partial charge in [-0.1, -0.05) is 0 Å². The molecule has 0 aliphatic carbocycles. The van der Waals surface area contributed by atoms with E-state index in [9.17, 15) is 14.0 Å². The fraction of sp³-hybridized carbons (Fsp3) is 0.391. The molecule has 3 rings (SSSR count). The van der Waals surface area contributed by atoms with Crippen molar-refractivity contribution in [2.24, 2.45) is 0 Å². The normalized spacial score (nSPS) is 13.5. The van der Waals surface area contributed by atoms with Crippen LogP contribution in [0.5, 0.6) is 17.2 Å². The van der Waals surface area contributed by atoms with Crippen LogP contribution in [0, 0.1) is 5.82 Å². The number of hydrogen-bond acceptors (Lipinski definition) is 6. The summed E-state index contributed by atoms with van der Waals surface area (Å²) in [4.78, 5) is 27.6. The maximum atomic E-state index is 14.4. The van der Waals surface area contributed by atoms with Crippen LogP contribution >= 0.6 is 0 Å². The van der Waals surface area contributed by atoms with Gasteiger partial charge in [0.25, 0.3) is 0 Å². The van der Waals surface area contributed by atoms with Gasteiger partial charge in [-0.3, -0.25) is 4.79 Å². The van der Waals surface area contributed by atoms with Crippen LogP contribution in [0.25, 0.3) is 0 Å². The summed E-state index contributed by atoms with van der Waals surface area (Å²) >= 11 is 0. The Morgan fingerprint density at radius 2 is 1.59 bits per heavy atom. The second-order valence-electron chi connectivity index (χ2n) is 7.39. The summed E-state index contributed by atoms with van der Waals surface area (Å²) in [7, 11) is 4.61. The topological polar surface area (TPSA) is 80.3 Å². The summed E-state index contributed by atoms with van der Waals surface area (Å²) in [5.74, 6) is 0.914. The quantitative estimate of drug-likeness (QED) is 0.660. The molecule has 0 bridgehead atoms. The van der Waals surface area contributed by atoms with Gasteiger partial charge in [-0.25, -0.2) is 9.18 Å². The number of amides is 2. The van der Waals surface area contributed by atoms with Crippen molar-refractivity contribution in [2.75, 3.05) is 52.4 Å². The van der Waals surface area contributed by atoms with Gasteiger partial charge in [0.2, 0.25) is 5.75 Å². The maximum Gasteiger partial charge on any atom is 0.317 e. The molecule has 0 spiro atoms. The largest absolute Gasteiger partial charge is 0.493 e. The van der Waals surface area contributed by atoms with Crippen LogP contribution in [-0.2, 0) is 6.54 Å². The second-order valence-corrected chi connectivity index (χ2v) is 7.39. The molecule has 1 saturated heterocycles. The first-order chi connectivity index (χ1) is 15.4. The maximum absolute atomic E-state index is 14.4. The van der Waals surface area contributed by atoms with Crippen molar-refractivity contribution >= 4 is 17.5 Å². The number of piperazine rings is 1. The van der Waals surface area contributed by atoms with Crippen molar-refractivity contribution in [3.05, 3.63) is 47.3 Å². The zero-order valence-corrected chi connectivity index (χ0v) is 18.7. The van der Waals surface area contributed by atoms with Crippen LogP contribution in [0.1, 0.15) is 22.8 Å². The van der Waals surface area contributed by atoms with Crippen LogP contribution in [0.15, 0.2) is 30.3 Å². The van der Waals surface area contributed by atoms with Crippen LogP contribution in [-0.4, -0.2) is 64.2 Å². The Morgan fingerprint density at radius 1 is 0.969 bits per heavy atom. The third-order valence-corrected chi connectivity index (χ3v) is 5.43. The average Bonchev–Trinajstić information content (AvgIpc) is 2.81. The predicted molar refractivity (Wildman–Crippen MR) is 119 cm³/mol. The summed E-state index contributed by atoms with van der Waals surface area (Å²) < 4.78 is 30.4. The van der Waals surface area contributed by atoms with E-state index in [4.69, 9.17) is 14.2 Å². The molecule has 9 heteroatoms. The third-order valence-electron chi connectivity index (χ3n) is 5.43. The van der Waals surface area contributed by atoms with Crippen molar-refractivity contribution < 1.29 is 28.2 Å². The fourth-order valence-corrected chi connectivity index (χ4v) is 3.66. The van der Waals surface area contributed by atoms with Gasteiger partial charge in [0, 0.05) is 38.3 Å². The summed E-state index contributed by atoms with van der Waals surface area (Å²) in [6, 6.07) is 7.86. The number of halogens is 1. The number of benzene rings is 2. The van der Waals surface area contributed by atoms with E-state index < -0.39 is 5.82 Å². The number of hydrogen-bond donors (Lipinski definition) is 1. The molecule has 0 unspecified atom stereocenters. The molecule has 1 aliphatic heterocycles. The van der Waals surface area contributed by atoms with Gasteiger partial charge in [-0.15, -0.1) is 0 Å². The summed E-state index contributed by atoms with van der Waals surface area (Å²) in [5.41, 5.74) is 1.59. The third kappa shape index (κ3) is 5.04. The van der Waals surface area contributed by atoms with Gasteiger partial charge >= 0.3 is 6.03 Å². The molecule has 0 saturated carbocycles. The number of carbonyl (C=O) groups is 2. The van der Waals surface area contributed by atoms with E-state index in [-0.39, 0.29) is 18.4 Å². The highest BCUT2D eigenvalue weighted by molar-refractivity contribution is 5.94. The molecule has 0 radical (unpaired) electrons. The molecule has 1 N–H and O–H groups in total. The minimum absolute atomic E-state index is 0.177. The number of anilines is 1. The zero-order valence-electron chi connectivity index (χ0n) is 18.7. The number of methoxy groups -OCH3 is 3. The molecular formula is C23H28FN3O5. The molecule has 1 aliphatic rings. The van der Waals surface area contributed by atoms with E-state index in [0.717, 1.165) is 5.56 Å². The molecular weight excluding hydrogens is 417 g/mol. The zero-order chi connectivity index (χ0) is 23.3. The lowest BCUT2D eigenvalue weighted by molar-refractivity contribution is 0.101. The average molecular weight is 445 g/mol. The number of Topliss-reactive ketones (excluding diaryl/α,β-unsaturated/α-hetero) is 1. The van der Waals surface area contributed by atoms with Crippen molar-refractivity contribution in [2.45, 2.75) is 13.5 Å². The Bertz CT molecular complexity index is 965. The highest BCUT2D eigenvalue weighted by atomic mass is 19.1. The SMILES string of the molecule is COc1cc(CNC(=O)N2CCN(c3ccc(C(C)=O)cc3F)CC2)cc(OC)c1OC. The lowest BCUT2D eigenvalue weighted by atomic mass is 10.1. The fourth-order valence-electron chi connectivity index (χ4n) is 3.66. The van der Waals surface area contributed by atoms with Gasteiger partial charge in [0.1, 0.15) is 5.82 Å². The molecule has 2 amide bonds. The highest BCUT2D eigenvalue weighted by Gasteiger charge is 2.23. The molecule has 2 aromatic rings. The molecule has 1 fully saturated rings. The standard InChI is InChI=1S/C23H28FN3O5/c1-15(28)17-5-6-19(18(24)13-17)26-7-9-27(10-8-26)23(29)25-14-16-11-20(30-2)22(32-4)21(12-16)31-3/h5-6,11-13H,7-10,14H2,1-4H3,(H,25,29). The molecule has 172 valence electrons. The van der Waals surface area contributed by atoms with E-state index in [0.29, 0.717) is 54.7 Å². The number of ketones is 1. The summed E-state index contributed by atoms with van der Waals surface area (Å²) in [6.45, 7) is 3.59. The number of nitrogens with one attached hydrogen (secondary N) is 1. The van der Waals surface area contributed by atoms with E-state index in [2.05, 4.69) is 5.32 Å². The van der Waals surface area contributed by atoms with E-state index in [1.807, 2.05) is 4.90 Å². The van der Waals surface area contributed by atoms with Gasteiger partial charge in [-0.05, 0) is 42.8 Å². The van der Waals surface area contributed by atoms with Crippen LogP contribution in [0.2, 0.25) is 0 Å². The Labute approximate surface area is 186 Å². The first-order valence-electron chi connectivity index (χ1n) is 10.2. The van der Waals surface area contributed by atoms with E-state index in [1.54, 1.807) is 29.2 Å².